The van der Waals surface area contributed by atoms with Crippen LogP contribution in [0.25, 0.3) is 89.1 Å². The Hall–Kier alpha value is -6.78. The van der Waals surface area contributed by atoms with Gasteiger partial charge in [0, 0.05) is 51.0 Å². The number of nitrogens with zero attached hydrogens (tertiary/aromatic N) is 4. The number of fused-ring (bicyclic) bond motifs is 8. The Morgan fingerprint density at radius 3 is 1.89 bits per heavy atom. The van der Waals surface area contributed by atoms with Crippen LogP contribution in [0.3, 0.4) is 0 Å². The molecule has 0 saturated carbocycles. The van der Waals surface area contributed by atoms with Gasteiger partial charge in [-0.25, -0.2) is 9.97 Å². The van der Waals surface area contributed by atoms with Gasteiger partial charge in [-0.2, -0.15) is 0 Å². The van der Waals surface area contributed by atoms with Gasteiger partial charge in [0.25, 0.3) is 0 Å². The summed E-state index contributed by atoms with van der Waals surface area (Å²) in [4.78, 5) is 20.7. The largest absolute Gasteiger partial charge is 0.256 e. The monoisotopic (exact) mass is 718 g/mol. The molecule has 0 unspecified atom stereocenters. The highest BCUT2D eigenvalue weighted by Crippen LogP contribution is 2.55. The standard InChI is InChI=1S/C52H38N4/c1-51(2)42-20-11-23-53-48(42)40-27-44-41(28-43(40)51)49-45(52(44,3)4)26-37(30-54-49)50-55-46(29-47(56-50)39-19-10-15-32-13-7-8-18-38(32)39)36-17-9-16-34(25-36)35-22-21-31-12-5-6-14-33(31)24-35/h5-30H,1-4H3. The maximum Gasteiger partial charge on any atom is 0.161 e. The smallest absolute Gasteiger partial charge is 0.161 e. The second-order valence-electron chi connectivity index (χ2n) is 16.3. The van der Waals surface area contributed by atoms with E-state index in [2.05, 4.69) is 167 Å². The van der Waals surface area contributed by atoms with Gasteiger partial charge in [-0.05, 0) is 97.4 Å². The lowest BCUT2D eigenvalue weighted by molar-refractivity contribution is 0.651. The SMILES string of the molecule is CC1(C)c2cc3c(cc2-c2ncccc21)C(C)(C)c1cc(-c2nc(-c4cccc(-c5ccc6ccccc6c5)c4)cc(-c4cccc5ccccc45)n2)cnc1-3. The van der Waals surface area contributed by atoms with Crippen molar-refractivity contribution in [3.05, 3.63) is 180 Å². The highest BCUT2D eigenvalue weighted by Gasteiger charge is 2.43. The molecule has 9 aromatic rings. The van der Waals surface area contributed by atoms with Crippen molar-refractivity contribution >= 4 is 21.5 Å². The summed E-state index contributed by atoms with van der Waals surface area (Å²) >= 11 is 0. The zero-order valence-electron chi connectivity index (χ0n) is 31.8. The molecule has 4 heteroatoms. The van der Waals surface area contributed by atoms with E-state index >= 15 is 0 Å². The molecule has 0 bridgehead atoms. The van der Waals surface area contributed by atoms with Crippen LogP contribution in [0.1, 0.15) is 49.9 Å². The second-order valence-corrected chi connectivity index (χ2v) is 16.3. The summed E-state index contributed by atoms with van der Waals surface area (Å²) in [6.07, 6.45) is 3.88. The summed E-state index contributed by atoms with van der Waals surface area (Å²) in [6, 6.07) is 52.3. The minimum atomic E-state index is -0.283. The van der Waals surface area contributed by atoms with Gasteiger partial charge >= 0.3 is 0 Å². The molecule has 266 valence electrons. The first-order valence-electron chi connectivity index (χ1n) is 19.4. The molecule has 3 aromatic heterocycles. The van der Waals surface area contributed by atoms with Gasteiger partial charge in [-0.15, -0.1) is 0 Å². The van der Waals surface area contributed by atoms with Crippen LogP contribution < -0.4 is 0 Å². The molecule has 11 rings (SSSR count). The second kappa shape index (κ2) is 11.9. The summed E-state index contributed by atoms with van der Waals surface area (Å²) in [5.74, 6) is 0.658. The molecule has 0 atom stereocenters. The first-order chi connectivity index (χ1) is 27.2. The number of hydrogen-bond acceptors (Lipinski definition) is 4. The van der Waals surface area contributed by atoms with E-state index in [9.17, 15) is 0 Å². The zero-order chi connectivity index (χ0) is 37.8. The van der Waals surface area contributed by atoms with Crippen LogP contribution >= 0.6 is 0 Å². The van der Waals surface area contributed by atoms with Gasteiger partial charge in [0.05, 0.1) is 22.8 Å². The van der Waals surface area contributed by atoms with Crippen molar-refractivity contribution < 1.29 is 0 Å². The van der Waals surface area contributed by atoms with Crippen molar-refractivity contribution in [2.75, 3.05) is 0 Å². The summed E-state index contributed by atoms with van der Waals surface area (Å²) in [6.45, 7) is 9.23. The van der Waals surface area contributed by atoms with Gasteiger partial charge in [0.1, 0.15) is 0 Å². The van der Waals surface area contributed by atoms with E-state index in [4.69, 9.17) is 19.9 Å². The van der Waals surface area contributed by atoms with Crippen molar-refractivity contribution in [2.45, 2.75) is 38.5 Å². The van der Waals surface area contributed by atoms with Gasteiger partial charge < -0.3 is 0 Å². The predicted molar refractivity (Wildman–Crippen MR) is 230 cm³/mol. The van der Waals surface area contributed by atoms with E-state index in [0.717, 1.165) is 50.4 Å². The summed E-state index contributed by atoms with van der Waals surface area (Å²) < 4.78 is 0. The normalized spacial score (nSPS) is 14.4. The van der Waals surface area contributed by atoms with Crippen LogP contribution in [0.4, 0.5) is 0 Å². The summed E-state index contributed by atoms with van der Waals surface area (Å²) in [5.41, 5.74) is 16.3. The predicted octanol–water partition coefficient (Wildman–Crippen LogP) is 12.9. The molecule has 0 radical (unpaired) electrons. The fraction of sp³-hybridized carbons (Fsp3) is 0.115. The quantitative estimate of drug-likeness (QED) is 0.182. The van der Waals surface area contributed by atoms with Gasteiger partial charge in [-0.3, -0.25) is 9.97 Å². The lowest BCUT2D eigenvalue weighted by Crippen LogP contribution is -2.17. The average Bonchev–Trinajstić information content (AvgIpc) is 3.61. The molecule has 0 fully saturated rings. The number of pyridine rings is 2. The first kappa shape index (κ1) is 32.6. The van der Waals surface area contributed by atoms with Gasteiger partial charge in [0.15, 0.2) is 5.82 Å². The molecule has 0 N–H and O–H groups in total. The molecule has 6 aromatic carbocycles. The van der Waals surface area contributed by atoms with Crippen LogP contribution in [0.2, 0.25) is 0 Å². The van der Waals surface area contributed by atoms with Gasteiger partial charge in [0.2, 0.25) is 0 Å². The number of rotatable bonds is 4. The zero-order valence-corrected chi connectivity index (χ0v) is 31.8. The van der Waals surface area contributed by atoms with Crippen molar-refractivity contribution in [3.63, 3.8) is 0 Å². The lowest BCUT2D eigenvalue weighted by atomic mass is 9.79. The van der Waals surface area contributed by atoms with E-state index in [1.807, 2.05) is 18.5 Å². The molecular weight excluding hydrogens is 681 g/mol. The third-order valence-electron chi connectivity index (χ3n) is 12.3. The van der Waals surface area contributed by atoms with Crippen molar-refractivity contribution in [2.24, 2.45) is 0 Å². The first-order valence-corrected chi connectivity index (χ1v) is 19.4. The molecular formula is C52H38N4. The van der Waals surface area contributed by atoms with E-state index < -0.39 is 0 Å². The van der Waals surface area contributed by atoms with Crippen LogP contribution in [-0.2, 0) is 10.8 Å². The Morgan fingerprint density at radius 2 is 1.05 bits per heavy atom. The highest BCUT2D eigenvalue weighted by molar-refractivity contribution is 5.97. The molecule has 0 spiro atoms. The Morgan fingerprint density at radius 1 is 0.393 bits per heavy atom. The van der Waals surface area contributed by atoms with Crippen molar-refractivity contribution in [1.29, 1.82) is 0 Å². The Bertz CT molecular complexity index is 3090. The van der Waals surface area contributed by atoms with Gasteiger partial charge in [-0.1, -0.05) is 131 Å². The highest BCUT2D eigenvalue weighted by atomic mass is 14.9. The van der Waals surface area contributed by atoms with E-state index in [-0.39, 0.29) is 10.8 Å². The minimum absolute atomic E-state index is 0.140. The summed E-state index contributed by atoms with van der Waals surface area (Å²) in [5, 5.41) is 4.79. The molecule has 4 nitrogen and oxygen atoms in total. The minimum Gasteiger partial charge on any atom is -0.256 e. The Kier molecular flexibility index (Phi) is 6.91. The number of aromatic nitrogens is 4. The molecule has 0 aliphatic heterocycles. The van der Waals surface area contributed by atoms with Crippen molar-refractivity contribution in [3.8, 4) is 67.5 Å². The molecule has 3 heterocycles. The molecule has 0 amide bonds. The van der Waals surface area contributed by atoms with Crippen LogP contribution in [0, 0.1) is 0 Å². The van der Waals surface area contributed by atoms with E-state index in [1.54, 1.807) is 0 Å². The summed E-state index contributed by atoms with van der Waals surface area (Å²) in [7, 11) is 0. The van der Waals surface area contributed by atoms with E-state index in [1.165, 1.54) is 55.1 Å². The molecule has 2 aliphatic carbocycles. The Balaban J connectivity index is 1.07. The molecule has 56 heavy (non-hydrogen) atoms. The molecule has 2 aliphatic rings. The maximum atomic E-state index is 5.32. The van der Waals surface area contributed by atoms with Crippen LogP contribution in [0.5, 0.6) is 0 Å². The van der Waals surface area contributed by atoms with Crippen molar-refractivity contribution in [1.82, 2.24) is 19.9 Å². The number of hydrogen-bond donors (Lipinski definition) is 0. The molecule has 0 saturated heterocycles. The van der Waals surface area contributed by atoms with Crippen LogP contribution in [0.15, 0.2) is 158 Å². The number of benzene rings is 6. The topological polar surface area (TPSA) is 51.6 Å². The third-order valence-corrected chi connectivity index (χ3v) is 12.3. The third kappa shape index (κ3) is 4.85. The Labute approximate surface area is 326 Å². The fourth-order valence-electron chi connectivity index (χ4n) is 9.26. The van der Waals surface area contributed by atoms with E-state index in [0.29, 0.717) is 5.82 Å². The average molecular weight is 719 g/mol. The van der Waals surface area contributed by atoms with Crippen LogP contribution in [-0.4, -0.2) is 19.9 Å². The lowest BCUT2D eigenvalue weighted by Gasteiger charge is -2.24. The fourth-order valence-corrected chi connectivity index (χ4v) is 9.26. The maximum absolute atomic E-state index is 5.32.